The molecule has 0 radical (unpaired) electrons. The van der Waals surface area contributed by atoms with E-state index >= 15 is 0 Å². The molecule has 0 heterocycles. The van der Waals surface area contributed by atoms with Crippen LogP contribution < -0.4 is 14.7 Å². The van der Waals surface area contributed by atoms with Gasteiger partial charge in [-0.15, -0.1) is 0 Å². The van der Waals surface area contributed by atoms with Gasteiger partial charge in [-0.3, -0.25) is 0 Å². The first-order chi connectivity index (χ1) is 3.41. The van der Waals surface area contributed by atoms with E-state index in [1.54, 1.807) is 0 Å². The predicted octanol–water partition coefficient (Wildman–Crippen LogP) is -2.81. The van der Waals surface area contributed by atoms with Crippen molar-refractivity contribution in [2.75, 3.05) is 0 Å². The maximum absolute atomic E-state index is 8.55. The first-order valence-corrected chi connectivity index (χ1v) is 3.03. The van der Waals surface area contributed by atoms with Crippen LogP contribution in [0.1, 0.15) is 0 Å². The molecule has 0 bridgehead atoms. The average Bonchev–Trinajstić information content (AvgIpc) is 1.27. The normalized spacial score (nSPS) is 8.25. The van der Waals surface area contributed by atoms with Crippen LogP contribution in [0.5, 0.6) is 0 Å². The minimum Gasteiger partial charge on any atom is -0.822 e. The number of phosphoric acid groups is 1. The molecule has 0 spiro atoms. The van der Waals surface area contributed by atoms with Gasteiger partial charge in [-0.2, -0.15) is 7.82 Å². The Hall–Kier alpha value is -0.180. The van der Waals surface area contributed by atoms with E-state index in [2.05, 4.69) is 12.6 Å². The van der Waals surface area contributed by atoms with Gasteiger partial charge in [0.25, 0.3) is 0 Å². The van der Waals surface area contributed by atoms with E-state index in [0.29, 0.717) is 0 Å². The van der Waals surface area contributed by atoms with Crippen LogP contribution >= 0.6 is 7.82 Å². The van der Waals surface area contributed by atoms with Gasteiger partial charge in [0.2, 0.25) is 0 Å². The molecule has 0 fully saturated rings. The molecule has 0 N–H and O–H groups in total. The molecule has 0 aromatic heterocycles. The minimum atomic E-state index is -5.39. The fourth-order valence-electron chi connectivity index (χ4n) is 0. The summed E-state index contributed by atoms with van der Waals surface area (Å²) in [6.45, 7) is 0. The molecule has 0 unspecified atom stereocenters. The van der Waals surface area contributed by atoms with Crippen molar-refractivity contribution in [1.29, 1.82) is 5.26 Å². The zero-order valence-corrected chi connectivity index (χ0v) is 5.15. The average molecular weight is 153 g/mol. The molecular weight excluding hydrogens is 153 g/mol. The second kappa shape index (κ2) is 4.97. The van der Waals surface area contributed by atoms with Crippen LogP contribution in [0, 0.1) is 10.7 Å². The van der Waals surface area contributed by atoms with Crippen LogP contribution in [0.2, 0.25) is 0 Å². The van der Waals surface area contributed by atoms with Crippen molar-refractivity contribution in [3.8, 4) is 5.40 Å². The van der Waals surface area contributed by atoms with Crippen molar-refractivity contribution in [1.82, 2.24) is 0 Å². The van der Waals surface area contributed by atoms with Gasteiger partial charge < -0.3 is 31.9 Å². The van der Waals surface area contributed by atoms with Crippen LogP contribution in [-0.2, 0) is 17.2 Å². The van der Waals surface area contributed by atoms with Gasteiger partial charge in [-0.05, 0) is 0 Å². The molecule has 0 aliphatic carbocycles. The summed E-state index contributed by atoms with van der Waals surface area (Å²) in [5, 5.41) is 8.47. The molecule has 48 valence electrons. The van der Waals surface area contributed by atoms with Crippen molar-refractivity contribution in [3.63, 3.8) is 0 Å². The smallest absolute Gasteiger partial charge is 0.0797 e. The van der Waals surface area contributed by atoms with Gasteiger partial charge in [0.15, 0.2) is 0 Å². The highest BCUT2D eigenvalue weighted by atomic mass is 32.1. The summed E-state index contributed by atoms with van der Waals surface area (Å²) < 4.78 is 8.55. The summed E-state index contributed by atoms with van der Waals surface area (Å²) in [7, 11) is -5.39. The van der Waals surface area contributed by atoms with Crippen LogP contribution in [0.15, 0.2) is 0 Å². The fourth-order valence-corrected chi connectivity index (χ4v) is 0. The maximum Gasteiger partial charge on any atom is -0.0797 e. The Labute approximate surface area is 51.2 Å². The molecule has 0 aromatic rings. The Morgan fingerprint density at radius 2 is 1.50 bits per heavy atom. The van der Waals surface area contributed by atoms with Crippen LogP contribution in [0.4, 0.5) is 0 Å². The number of thiocyanates is 1. The van der Waals surface area contributed by atoms with Crippen molar-refractivity contribution >= 4 is 20.5 Å². The summed E-state index contributed by atoms with van der Waals surface area (Å²) in [5.41, 5.74) is 0. The molecule has 0 aliphatic rings. The van der Waals surface area contributed by atoms with Gasteiger partial charge in [-0.1, -0.05) is 5.40 Å². The van der Waals surface area contributed by atoms with Gasteiger partial charge in [0.05, 0.1) is 0 Å². The molecule has 5 nitrogen and oxygen atoms in total. The van der Waals surface area contributed by atoms with E-state index in [4.69, 9.17) is 24.5 Å². The van der Waals surface area contributed by atoms with E-state index in [-0.39, 0.29) is 0 Å². The molecule has 0 amide bonds. The highest BCUT2D eigenvalue weighted by Gasteiger charge is 1.44. The Morgan fingerprint density at radius 3 is 1.50 bits per heavy atom. The van der Waals surface area contributed by atoms with E-state index in [0.717, 1.165) is 0 Å². The third kappa shape index (κ3) is 4170. The van der Waals surface area contributed by atoms with Gasteiger partial charge >= 0.3 is 0 Å². The largest absolute Gasteiger partial charge is 0.822 e. The summed E-state index contributed by atoms with van der Waals surface area (Å²) in [6.07, 6.45) is 0. The van der Waals surface area contributed by atoms with Crippen molar-refractivity contribution in [3.05, 3.63) is 0 Å². The van der Waals surface area contributed by atoms with Gasteiger partial charge in [-0.25, -0.2) is 5.26 Å². The zero-order valence-electron chi connectivity index (χ0n) is 3.44. The molecule has 0 saturated heterocycles. The first kappa shape index (κ1) is 10.7. The number of hydrogen-bond donors (Lipinski definition) is 0. The van der Waals surface area contributed by atoms with Gasteiger partial charge in [0.1, 0.15) is 0 Å². The lowest BCUT2D eigenvalue weighted by Crippen LogP contribution is -2.24. The van der Waals surface area contributed by atoms with Crippen molar-refractivity contribution in [2.24, 2.45) is 0 Å². The summed E-state index contributed by atoms with van der Waals surface area (Å²) >= 11 is 3.70. The number of rotatable bonds is 0. The van der Waals surface area contributed by atoms with Crippen molar-refractivity contribution < 1.29 is 19.2 Å². The molecule has 0 saturated carbocycles. The minimum absolute atomic E-state index is 1.33. The third-order valence-electron chi connectivity index (χ3n) is 0. The second-order valence-corrected chi connectivity index (χ2v) is 1.62. The second-order valence-electron chi connectivity index (χ2n) is 0.539. The number of nitrogens with zero attached hydrogens (tertiary/aromatic N) is 1. The van der Waals surface area contributed by atoms with Crippen LogP contribution in [0.25, 0.3) is 0 Å². The Morgan fingerprint density at radius 1 is 1.50 bits per heavy atom. The van der Waals surface area contributed by atoms with Crippen LogP contribution in [-0.4, -0.2) is 0 Å². The number of hydrogen-bond acceptors (Lipinski definition) is 6. The standard InChI is InChI=1S/CHNS.H3O4P/c2-1-3;1-5(2,3)4/h3H;(H3,1,2,3,4)/p-4. The fraction of sp³-hybridized carbons (Fsp3) is 0. The molecule has 8 heavy (non-hydrogen) atoms. The number of nitriles is 1. The molecule has 7 heteroatoms. The Balaban J connectivity index is 0. The SMILES string of the molecule is N#C[S-].O=P([O-])([O-])[O-]. The first-order valence-electron chi connectivity index (χ1n) is 1.16. The Kier molecular flexibility index (Phi) is 6.67. The van der Waals surface area contributed by atoms with E-state index < -0.39 is 7.82 Å². The van der Waals surface area contributed by atoms with E-state index in [9.17, 15) is 0 Å². The highest BCUT2D eigenvalue weighted by Crippen LogP contribution is 2.03. The zero-order chi connectivity index (χ0) is 7.21. The highest BCUT2D eigenvalue weighted by molar-refractivity contribution is 7.64. The summed E-state index contributed by atoms with van der Waals surface area (Å²) in [5.74, 6) is 0. The van der Waals surface area contributed by atoms with E-state index in [1.165, 1.54) is 5.40 Å². The Bertz CT molecular complexity index is 114. The lowest BCUT2D eigenvalue weighted by molar-refractivity contribution is -0.432. The van der Waals surface area contributed by atoms with Gasteiger partial charge in [0, 0.05) is 0 Å². The predicted molar refractivity (Wildman–Crippen MR) is 20.6 cm³/mol. The summed E-state index contributed by atoms with van der Waals surface area (Å²) in [4.78, 5) is 25.6. The lowest BCUT2D eigenvalue weighted by Gasteiger charge is -2.36. The molecule has 0 aromatic carbocycles. The molecule has 0 atom stereocenters. The van der Waals surface area contributed by atoms with E-state index in [1.807, 2.05) is 0 Å². The third-order valence-corrected chi connectivity index (χ3v) is 0. The quantitative estimate of drug-likeness (QED) is 0.211. The molecule has 0 aliphatic heterocycles. The maximum atomic E-state index is 8.55. The van der Waals surface area contributed by atoms with Crippen LogP contribution in [0.3, 0.4) is 0 Å². The lowest BCUT2D eigenvalue weighted by atomic mass is 11.8. The summed E-state index contributed by atoms with van der Waals surface area (Å²) in [6, 6.07) is 0. The van der Waals surface area contributed by atoms with Crippen molar-refractivity contribution in [2.45, 2.75) is 0 Å². The monoisotopic (exact) mass is 153 g/mol. The molecule has 0 rings (SSSR count). The molecular formula is CNO4PS-4. The topological polar surface area (TPSA) is 110 Å².